The molecule has 1 N–H and O–H groups in total. The number of carbonyl (C=O) groups is 1. The van der Waals surface area contributed by atoms with E-state index in [1.165, 1.54) is 18.1 Å². The number of pyridine rings is 1. The summed E-state index contributed by atoms with van der Waals surface area (Å²) in [5.74, 6) is -0.963. The minimum absolute atomic E-state index is 0.0306. The molecule has 0 atom stereocenters. The number of benzene rings is 2. The summed E-state index contributed by atoms with van der Waals surface area (Å²) in [6.07, 6.45) is -1.68. The van der Waals surface area contributed by atoms with Gasteiger partial charge in [0, 0.05) is 23.6 Å². The normalized spacial score (nSPS) is 13.0. The van der Waals surface area contributed by atoms with Crippen LogP contribution < -0.4 is 4.31 Å². The topological polar surface area (TPSA) is 53.4 Å². The molecule has 8 heteroatoms. The van der Waals surface area contributed by atoms with Gasteiger partial charge >= 0.3 is 12.1 Å². The van der Waals surface area contributed by atoms with E-state index in [0.29, 0.717) is 16.8 Å². The Bertz CT molecular complexity index is 1250. The van der Waals surface area contributed by atoms with Gasteiger partial charge in [0.1, 0.15) is 0 Å². The van der Waals surface area contributed by atoms with Gasteiger partial charge in [-0.3, -0.25) is 9.78 Å². The van der Waals surface area contributed by atoms with Gasteiger partial charge in [0.25, 0.3) is 0 Å². The number of hydrogen-bond acceptors (Lipinski definition) is 4. The smallest absolute Gasteiger partial charge is 0.416 e. The maximum Gasteiger partial charge on any atom is 0.416 e. The fraction of sp³-hybridized carbons (Fsp3) is 0.280. The maximum atomic E-state index is 13.8. The number of hydrogen-bond donors (Lipinski definition) is 1. The highest BCUT2D eigenvalue weighted by atomic mass is 32.2. The molecule has 2 aromatic carbocycles. The Hall–Kier alpha value is -3.00. The summed E-state index contributed by atoms with van der Waals surface area (Å²) < 4.78 is 43.3. The first kappa shape index (κ1) is 23.2. The van der Waals surface area contributed by atoms with Crippen LogP contribution in [0.1, 0.15) is 33.4 Å². The summed E-state index contributed by atoms with van der Waals surface area (Å²) >= 11 is 1.32. The minimum atomic E-state index is -4.50. The van der Waals surface area contributed by atoms with Crippen LogP contribution in [0.5, 0.6) is 0 Å². The zero-order chi connectivity index (χ0) is 24.1. The molecule has 0 amide bonds. The predicted octanol–water partition coefficient (Wildman–Crippen LogP) is 6.58. The van der Waals surface area contributed by atoms with Crippen LogP contribution in [0.3, 0.4) is 0 Å². The van der Waals surface area contributed by atoms with Crippen molar-refractivity contribution in [1.82, 2.24) is 4.98 Å². The monoisotopic (exact) mass is 472 g/mol. The summed E-state index contributed by atoms with van der Waals surface area (Å²) in [7, 11) is 0. The van der Waals surface area contributed by atoms with Crippen molar-refractivity contribution in [2.45, 2.75) is 39.9 Å². The Kier molecular flexibility index (Phi) is 5.90. The van der Waals surface area contributed by atoms with E-state index in [2.05, 4.69) is 4.98 Å². The predicted molar refractivity (Wildman–Crippen MR) is 125 cm³/mol. The molecule has 33 heavy (non-hydrogen) atoms. The number of anilines is 1. The van der Waals surface area contributed by atoms with E-state index < -0.39 is 17.7 Å². The molecular formula is C25H23F3N2O2S. The third kappa shape index (κ3) is 3.97. The van der Waals surface area contributed by atoms with Crippen molar-refractivity contribution < 1.29 is 23.1 Å². The van der Waals surface area contributed by atoms with Crippen LogP contribution in [0.15, 0.2) is 36.5 Å². The van der Waals surface area contributed by atoms with Crippen LogP contribution in [0.4, 0.5) is 18.9 Å². The minimum Gasteiger partial charge on any atom is -0.481 e. The molecule has 4 rings (SSSR count). The van der Waals surface area contributed by atoms with Crippen LogP contribution in [0.2, 0.25) is 0 Å². The number of halogens is 3. The van der Waals surface area contributed by atoms with Crippen LogP contribution in [0.25, 0.3) is 22.4 Å². The van der Waals surface area contributed by atoms with E-state index >= 15 is 0 Å². The molecule has 0 saturated heterocycles. The lowest BCUT2D eigenvalue weighted by Gasteiger charge is -2.36. The van der Waals surface area contributed by atoms with Crippen molar-refractivity contribution in [2.24, 2.45) is 0 Å². The number of aromatic nitrogens is 1. The highest BCUT2D eigenvalue weighted by Gasteiger charge is 2.39. The van der Waals surface area contributed by atoms with Crippen LogP contribution in [-0.4, -0.2) is 22.3 Å². The number of alkyl halides is 3. The molecule has 2 heterocycles. The fourth-order valence-corrected chi connectivity index (χ4v) is 5.31. The molecule has 172 valence electrons. The number of carboxylic acid groups (broad SMARTS) is 1. The number of aliphatic carboxylic acids is 1. The molecule has 3 aromatic rings. The summed E-state index contributed by atoms with van der Waals surface area (Å²) in [5, 5.41) is 9.65. The van der Waals surface area contributed by atoms with E-state index in [-0.39, 0.29) is 18.5 Å². The summed E-state index contributed by atoms with van der Waals surface area (Å²) in [6.45, 7) is 5.68. The molecule has 0 radical (unpaired) electrons. The molecule has 0 bridgehead atoms. The van der Waals surface area contributed by atoms with E-state index in [0.717, 1.165) is 39.6 Å². The number of rotatable bonds is 4. The summed E-state index contributed by atoms with van der Waals surface area (Å²) in [6, 6.07) is 8.74. The highest BCUT2D eigenvalue weighted by molar-refractivity contribution is 7.99. The van der Waals surface area contributed by atoms with Crippen LogP contribution in [0, 0.1) is 20.8 Å². The lowest BCUT2D eigenvalue weighted by molar-refractivity contribution is -0.138. The largest absolute Gasteiger partial charge is 0.481 e. The van der Waals surface area contributed by atoms with E-state index in [4.69, 9.17) is 0 Å². The molecule has 1 aliphatic rings. The molecule has 1 aliphatic heterocycles. The second-order valence-electron chi connectivity index (χ2n) is 8.17. The van der Waals surface area contributed by atoms with Crippen molar-refractivity contribution in [3.63, 3.8) is 0 Å². The molecule has 0 unspecified atom stereocenters. The van der Waals surface area contributed by atoms with Crippen LogP contribution in [-0.2, 0) is 23.9 Å². The Labute approximate surface area is 194 Å². The summed E-state index contributed by atoms with van der Waals surface area (Å²) in [4.78, 5) is 16.2. The Morgan fingerprint density at radius 1 is 1.09 bits per heavy atom. The van der Waals surface area contributed by atoms with Gasteiger partial charge in [0.15, 0.2) is 0 Å². The van der Waals surface area contributed by atoms with Gasteiger partial charge in [-0.15, -0.1) is 0 Å². The highest BCUT2D eigenvalue weighted by Crippen LogP contribution is 2.51. The zero-order valence-corrected chi connectivity index (χ0v) is 19.5. The van der Waals surface area contributed by atoms with Gasteiger partial charge in [-0.1, -0.05) is 41.8 Å². The lowest BCUT2D eigenvalue weighted by atomic mass is 9.82. The van der Waals surface area contributed by atoms with E-state index in [9.17, 15) is 23.1 Å². The number of fused-ring (bicyclic) bond motifs is 3. The van der Waals surface area contributed by atoms with E-state index in [1.54, 1.807) is 10.6 Å². The average molecular weight is 473 g/mol. The summed E-state index contributed by atoms with van der Waals surface area (Å²) in [5.41, 5.74) is 5.85. The van der Waals surface area contributed by atoms with Gasteiger partial charge in [0.2, 0.25) is 0 Å². The van der Waals surface area contributed by atoms with Crippen molar-refractivity contribution in [3.8, 4) is 22.4 Å². The molecule has 4 nitrogen and oxygen atoms in total. The van der Waals surface area contributed by atoms with Crippen molar-refractivity contribution in [2.75, 3.05) is 10.6 Å². The molecular weight excluding hydrogens is 449 g/mol. The average Bonchev–Trinajstić information content (AvgIpc) is 2.75. The van der Waals surface area contributed by atoms with Gasteiger partial charge < -0.3 is 9.41 Å². The number of nitrogens with zero attached hydrogens (tertiary/aromatic N) is 2. The van der Waals surface area contributed by atoms with Gasteiger partial charge in [-0.25, -0.2) is 0 Å². The second-order valence-corrected chi connectivity index (χ2v) is 8.97. The van der Waals surface area contributed by atoms with Crippen LogP contribution >= 0.6 is 11.9 Å². The lowest BCUT2D eigenvalue weighted by Crippen LogP contribution is -2.26. The molecule has 0 spiro atoms. The third-order valence-corrected chi connectivity index (χ3v) is 6.89. The Morgan fingerprint density at radius 2 is 1.76 bits per heavy atom. The van der Waals surface area contributed by atoms with Gasteiger partial charge in [-0.05, 0) is 54.7 Å². The second kappa shape index (κ2) is 8.41. The van der Waals surface area contributed by atoms with Gasteiger partial charge in [-0.2, -0.15) is 13.2 Å². The number of aryl methyl sites for hydroxylation is 1. The molecule has 0 aliphatic carbocycles. The SMILES string of the molecule is CSN1Cc2c(C(F)(F)F)ccnc2-c2c(C)c(-c3ccc(C)cc3)c(CC(=O)O)c(C)c21. The quantitative estimate of drug-likeness (QED) is 0.435. The standard InChI is InChI=1S/C25H23F3N2O2S/c1-13-5-7-16(8-6-13)21-15(3)22-23-18(19(9-10-29-23)25(26,27)28)12-30(33-4)24(22)14(2)17(21)11-20(31)32/h5-10H,11-12H2,1-4H3,(H,31,32). The first-order valence-electron chi connectivity index (χ1n) is 10.4. The molecule has 0 saturated carbocycles. The zero-order valence-electron chi connectivity index (χ0n) is 18.7. The first-order chi connectivity index (χ1) is 15.5. The van der Waals surface area contributed by atoms with Crippen molar-refractivity contribution in [3.05, 3.63) is 69.9 Å². The van der Waals surface area contributed by atoms with Crippen molar-refractivity contribution in [1.29, 1.82) is 0 Å². The van der Waals surface area contributed by atoms with Gasteiger partial charge in [0.05, 0.1) is 29.9 Å². The molecule has 0 fully saturated rings. The number of carboxylic acids is 1. The first-order valence-corrected chi connectivity index (χ1v) is 11.5. The Balaban J connectivity index is 2.13. The van der Waals surface area contributed by atoms with Crippen molar-refractivity contribution >= 4 is 23.6 Å². The third-order valence-electron chi connectivity index (χ3n) is 6.13. The Morgan fingerprint density at radius 3 is 2.33 bits per heavy atom. The maximum absolute atomic E-state index is 13.8. The fourth-order valence-electron chi connectivity index (χ4n) is 4.64. The molecule has 1 aromatic heterocycles. The van der Waals surface area contributed by atoms with E-state index in [1.807, 2.05) is 45.0 Å².